The van der Waals surface area contributed by atoms with Gasteiger partial charge < -0.3 is 5.11 Å². The van der Waals surface area contributed by atoms with Gasteiger partial charge in [0.15, 0.2) is 0 Å². The molecule has 0 bridgehead atoms. The molecule has 20 heavy (non-hydrogen) atoms. The predicted molar refractivity (Wildman–Crippen MR) is 73.4 cm³/mol. The van der Waals surface area contributed by atoms with Gasteiger partial charge in [-0.05, 0) is 24.1 Å². The van der Waals surface area contributed by atoms with Gasteiger partial charge >= 0.3 is 0 Å². The van der Waals surface area contributed by atoms with Crippen LogP contribution in [-0.2, 0) is 0 Å². The Morgan fingerprint density at radius 3 is 2.50 bits per heavy atom. The quantitative estimate of drug-likeness (QED) is 0.850. The Hall–Kier alpha value is -2.25. The van der Waals surface area contributed by atoms with Crippen molar-refractivity contribution >= 4 is 0 Å². The van der Waals surface area contributed by atoms with Crippen LogP contribution in [0, 0.1) is 17.3 Å². The molecule has 2 rings (SSSR count). The fourth-order valence-corrected chi connectivity index (χ4v) is 2.31. The van der Waals surface area contributed by atoms with Gasteiger partial charge in [-0.25, -0.2) is 4.98 Å². The van der Waals surface area contributed by atoms with E-state index in [4.69, 9.17) is 0 Å². The summed E-state index contributed by atoms with van der Waals surface area (Å²) in [4.78, 5) is 3.86. The van der Waals surface area contributed by atoms with E-state index in [1.807, 2.05) is 30.3 Å². The van der Waals surface area contributed by atoms with Crippen LogP contribution in [0.1, 0.15) is 29.5 Å². The van der Waals surface area contributed by atoms with Gasteiger partial charge in [0.05, 0.1) is 12.0 Å². The fraction of sp³-hybridized carbons (Fsp3) is 0.250. The molecule has 0 radical (unpaired) electrons. The first kappa shape index (κ1) is 14.2. The largest absolute Gasteiger partial charge is 0.396 e. The van der Waals surface area contributed by atoms with Crippen LogP contribution in [0.5, 0.6) is 0 Å². The average molecular weight is 270 g/mol. The summed E-state index contributed by atoms with van der Waals surface area (Å²) in [6, 6.07) is 16.1. The van der Waals surface area contributed by atoms with Crippen LogP contribution < -0.4 is 0 Å². The molecule has 1 aromatic carbocycles. The van der Waals surface area contributed by atoms with Crippen LogP contribution in [0.25, 0.3) is 0 Å². The summed E-state index contributed by atoms with van der Waals surface area (Å²) < 4.78 is 13.3. The van der Waals surface area contributed by atoms with Crippen LogP contribution in [0.4, 0.5) is 4.39 Å². The third-order valence-corrected chi connectivity index (χ3v) is 3.26. The van der Waals surface area contributed by atoms with E-state index in [9.17, 15) is 14.8 Å². The Balaban J connectivity index is 2.39. The van der Waals surface area contributed by atoms with Crippen LogP contribution in [0.2, 0.25) is 0 Å². The van der Waals surface area contributed by atoms with Gasteiger partial charge in [0.25, 0.3) is 0 Å². The summed E-state index contributed by atoms with van der Waals surface area (Å²) in [6.07, 6.45) is 0.365. The lowest BCUT2D eigenvalue weighted by atomic mass is 9.82. The molecular formula is C16H15FN2O. The minimum Gasteiger partial charge on any atom is -0.396 e. The van der Waals surface area contributed by atoms with E-state index in [1.165, 1.54) is 6.07 Å². The Morgan fingerprint density at radius 1 is 1.15 bits per heavy atom. The maximum absolute atomic E-state index is 13.3. The molecule has 0 aliphatic heterocycles. The van der Waals surface area contributed by atoms with Gasteiger partial charge in [-0.2, -0.15) is 9.65 Å². The van der Waals surface area contributed by atoms with E-state index in [0.717, 1.165) is 5.56 Å². The van der Waals surface area contributed by atoms with Crippen molar-refractivity contribution in [2.24, 2.45) is 0 Å². The lowest BCUT2D eigenvalue weighted by molar-refractivity contribution is 0.270. The third kappa shape index (κ3) is 3.19. The number of nitrogens with zero attached hydrogens (tertiary/aromatic N) is 2. The smallest absolute Gasteiger partial charge is 0.213 e. The molecule has 1 N–H and O–H groups in total. The molecule has 0 aliphatic rings. The second-order valence-corrected chi connectivity index (χ2v) is 4.52. The highest BCUT2D eigenvalue weighted by molar-refractivity contribution is 5.30. The molecule has 3 nitrogen and oxygen atoms in total. The van der Waals surface area contributed by atoms with Gasteiger partial charge in [0, 0.05) is 18.2 Å². The lowest BCUT2D eigenvalue weighted by Gasteiger charge is -2.21. The van der Waals surface area contributed by atoms with E-state index in [-0.39, 0.29) is 12.5 Å². The molecule has 0 saturated carbocycles. The molecule has 1 heterocycles. The number of rotatable bonds is 5. The summed E-state index contributed by atoms with van der Waals surface area (Å²) in [5, 5.41) is 18.7. The van der Waals surface area contributed by atoms with E-state index < -0.39 is 11.9 Å². The van der Waals surface area contributed by atoms with Crippen molar-refractivity contribution in [1.82, 2.24) is 4.98 Å². The van der Waals surface area contributed by atoms with Crippen molar-refractivity contribution in [3.05, 3.63) is 65.7 Å². The molecule has 0 spiro atoms. The van der Waals surface area contributed by atoms with Gasteiger partial charge in [0.2, 0.25) is 5.95 Å². The van der Waals surface area contributed by atoms with Crippen LogP contribution in [-0.4, -0.2) is 16.7 Å². The Morgan fingerprint density at radius 2 is 1.90 bits per heavy atom. The van der Waals surface area contributed by atoms with Crippen molar-refractivity contribution in [1.29, 1.82) is 5.26 Å². The van der Waals surface area contributed by atoms with Crippen LogP contribution in [0.15, 0.2) is 48.5 Å². The number of aromatic nitrogens is 1. The summed E-state index contributed by atoms with van der Waals surface area (Å²) in [5.74, 6) is -1.36. The lowest BCUT2D eigenvalue weighted by Crippen LogP contribution is -2.13. The number of aliphatic hydroxyl groups excluding tert-OH is 1. The first-order valence-corrected chi connectivity index (χ1v) is 6.44. The van der Waals surface area contributed by atoms with Crippen LogP contribution in [0.3, 0.4) is 0 Å². The molecular weight excluding hydrogens is 255 g/mol. The molecule has 4 heteroatoms. The Bertz CT molecular complexity index is 595. The Kier molecular flexibility index (Phi) is 4.80. The first-order chi connectivity index (χ1) is 9.76. The fourth-order valence-electron chi connectivity index (χ4n) is 2.31. The highest BCUT2D eigenvalue weighted by Crippen LogP contribution is 2.34. The number of aliphatic hydroxyl groups is 1. The normalized spacial score (nSPS) is 13.4. The maximum atomic E-state index is 13.3. The summed E-state index contributed by atoms with van der Waals surface area (Å²) in [6.45, 7) is -0.0755. The van der Waals surface area contributed by atoms with Crippen molar-refractivity contribution in [2.45, 2.75) is 18.3 Å². The van der Waals surface area contributed by atoms with Crippen molar-refractivity contribution in [3.8, 4) is 6.07 Å². The maximum Gasteiger partial charge on any atom is 0.213 e. The summed E-state index contributed by atoms with van der Waals surface area (Å²) >= 11 is 0. The van der Waals surface area contributed by atoms with Crippen molar-refractivity contribution in [3.63, 3.8) is 0 Å². The molecule has 0 aliphatic carbocycles. The molecule has 0 unspecified atom stereocenters. The molecule has 0 saturated heterocycles. The molecule has 2 atom stereocenters. The SMILES string of the molecule is N#C[C@@H](c1ccccc1)[C@@H](CCO)c1cccc(F)n1. The second kappa shape index (κ2) is 6.78. The van der Waals surface area contributed by atoms with Gasteiger partial charge in [-0.3, -0.25) is 0 Å². The second-order valence-electron chi connectivity index (χ2n) is 4.52. The number of halogens is 1. The van der Waals surface area contributed by atoms with E-state index in [2.05, 4.69) is 11.1 Å². The predicted octanol–water partition coefficient (Wildman–Crippen LogP) is 2.99. The number of hydrogen-bond donors (Lipinski definition) is 1. The number of hydrogen-bond acceptors (Lipinski definition) is 3. The Labute approximate surface area is 117 Å². The van der Waals surface area contributed by atoms with Gasteiger partial charge in [-0.15, -0.1) is 0 Å². The summed E-state index contributed by atoms with van der Waals surface area (Å²) in [5.41, 5.74) is 1.34. The molecule has 102 valence electrons. The molecule has 1 aromatic heterocycles. The summed E-state index contributed by atoms with van der Waals surface area (Å²) in [7, 11) is 0. The standard InChI is InChI=1S/C16H15FN2O/c17-16-8-4-7-15(19-16)13(9-10-20)14(11-18)12-5-2-1-3-6-12/h1-8,13-14,20H,9-10H2/t13-,14+/m1/s1. The van der Waals surface area contributed by atoms with Crippen molar-refractivity contribution in [2.75, 3.05) is 6.61 Å². The first-order valence-electron chi connectivity index (χ1n) is 6.44. The number of benzene rings is 1. The van der Waals surface area contributed by atoms with E-state index in [0.29, 0.717) is 12.1 Å². The molecule has 2 aromatic rings. The minimum absolute atomic E-state index is 0.0755. The van der Waals surface area contributed by atoms with E-state index in [1.54, 1.807) is 12.1 Å². The van der Waals surface area contributed by atoms with Gasteiger partial charge in [0.1, 0.15) is 0 Å². The number of nitriles is 1. The average Bonchev–Trinajstić information content (AvgIpc) is 2.48. The van der Waals surface area contributed by atoms with Crippen molar-refractivity contribution < 1.29 is 9.50 Å². The van der Waals surface area contributed by atoms with Crippen LogP contribution >= 0.6 is 0 Å². The minimum atomic E-state index is -0.574. The monoisotopic (exact) mass is 270 g/mol. The molecule has 0 amide bonds. The zero-order valence-corrected chi connectivity index (χ0v) is 10.9. The highest BCUT2D eigenvalue weighted by atomic mass is 19.1. The zero-order chi connectivity index (χ0) is 14.4. The molecule has 0 fully saturated rings. The highest BCUT2D eigenvalue weighted by Gasteiger charge is 2.25. The third-order valence-electron chi connectivity index (χ3n) is 3.26. The topological polar surface area (TPSA) is 56.9 Å². The van der Waals surface area contributed by atoms with E-state index >= 15 is 0 Å². The zero-order valence-electron chi connectivity index (χ0n) is 10.9. The number of pyridine rings is 1. The van der Waals surface area contributed by atoms with Gasteiger partial charge in [-0.1, -0.05) is 36.4 Å².